The van der Waals surface area contributed by atoms with Gasteiger partial charge in [0, 0.05) is 28.7 Å². The molecule has 92 valence electrons. The van der Waals surface area contributed by atoms with Gasteiger partial charge in [0.05, 0.1) is 0 Å². The van der Waals surface area contributed by atoms with Crippen molar-refractivity contribution < 1.29 is 9.60 Å². The molecular weight excluding hydrogens is 289 g/mol. The van der Waals surface area contributed by atoms with Crippen molar-refractivity contribution in [3.05, 3.63) is 46.2 Å². The summed E-state index contributed by atoms with van der Waals surface area (Å²) in [6.07, 6.45) is 0. The van der Waals surface area contributed by atoms with E-state index in [-0.39, 0.29) is 5.84 Å². The zero-order valence-corrected chi connectivity index (χ0v) is 10.7. The molecule has 17 heavy (non-hydrogen) atoms. The Morgan fingerprint density at radius 1 is 1.59 bits per heavy atom. The molecule has 0 saturated carbocycles. The molecular formula is C11H13BrFN3O. The molecule has 6 heteroatoms. The topological polar surface area (TPSA) is 70.6 Å². The third kappa shape index (κ3) is 4.16. The molecule has 4 nitrogen and oxygen atoms in total. The summed E-state index contributed by atoms with van der Waals surface area (Å²) >= 11 is 3.20. The predicted molar refractivity (Wildman–Crippen MR) is 68.7 cm³/mol. The first-order valence-electron chi connectivity index (χ1n) is 4.85. The molecule has 0 aliphatic rings. The van der Waals surface area contributed by atoms with Crippen LogP contribution in [-0.2, 0) is 6.54 Å². The number of oxime groups is 1. The van der Waals surface area contributed by atoms with Gasteiger partial charge in [0.25, 0.3) is 0 Å². The first-order valence-corrected chi connectivity index (χ1v) is 5.64. The van der Waals surface area contributed by atoms with E-state index in [0.717, 1.165) is 4.48 Å². The number of benzene rings is 1. The highest BCUT2D eigenvalue weighted by Gasteiger charge is 2.06. The van der Waals surface area contributed by atoms with Gasteiger partial charge >= 0.3 is 0 Å². The van der Waals surface area contributed by atoms with Gasteiger partial charge in [0.15, 0.2) is 5.84 Å². The van der Waals surface area contributed by atoms with E-state index in [2.05, 4.69) is 33.0 Å². The third-order valence-electron chi connectivity index (χ3n) is 2.09. The average Bonchev–Trinajstić information content (AvgIpc) is 2.29. The lowest BCUT2D eigenvalue weighted by Gasteiger charge is -2.06. The lowest BCUT2D eigenvalue weighted by molar-refractivity contribution is 0.318. The Morgan fingerprint density at radius 3 is 2.82 bits per heavy atom. The second-order valence-corrected chi connectivity index (χ2v) is 4.53. The fraction of sp³-hybridized carbons (Fsp3) is 0.182. The highest BCUT2D eigenvalue weighted by atomic mass is 79.9. The maximum atomic E-state index is 13.6. The number of halogens is 2. The van der Waals surface area contributed by atoms with E-state index in [1.54, 1.807) is 12.1 Å². The standard InChI is InChI=1S/C11H13BrFN3O/c1-7(12)5-15-6-9-3-2-8(4-10(9)13)11(14)16-17/h2-4,15,17H,1,5-6H2,(H2,14,16). The fourth-order valence-electron chi connectivity index (χ4n) is 1.24. The number of nitrogens with one attached hydrogen (secondary N) is 1. The van der Waals surface area contributed by atoms with E-state index < -0.39 is 5.82 Å². The summed E-state index contributed by atoms with van der Waals surface area (Å²) < 4.78 is 14.4. The van der Waals surface area contributed by atoms with Gasteiger partial charge in [-0.25, -0.2) is 4.39 Å². The summed E-state index contributed by atoms with van der Waals surface area (Å²) in [6.45, 7) is 4.60. The first-order chi connectivity index (χ1) is 8.04. The largest absolute Gasteiger partial charge is 0.409 e. The van der Waals surface area contributed by atoms with Crippen molar-refractivity contribution in [2.75, 3.05) is 6.54 Å². The molecule has 1 rings (SSSR count). The Labute approximate surface area is 107 Å². The van der Waals surface area contributed by atoms with Gasteiger partial charge in [-0.2, -0.15) is 0 Å². The zero-order valence-electron chi connectivity index (χ0n) is 9.08. The molecule has 4 N–H and O–H groups in total. The molecule has 1 aromatic rings. The molecule has 0 spiro atoms. The summed E-state index contributed by atoms with van der Waals surface area (Å²) in [7, 11) is 0. The van der Waals surface area contributed by atoms with Crippen LogP contribution in [0.15, 0.2) is 34.4 Å². The minimum Gasteiger partial charge on any atom is -0.409 e. The Bertz CT molecular complexity index is 448. The van der Waals surface area contributed by atoms with E-state index in [0.29, 0.717) is 24.2 Å². The summed E-state index contributed by atoms with van der Waals surface area (Å²) in [4.78, 5) is 0. The fourth-order valence-corrected chi connectivity index (χ4v) is 1.44. The van der Waals surface area contributed by atoms with Gasteiger partial charge in [-0.3, -0.25) is 0 Å². The first kappa shape index (κ1) is 13.7. The minimum absolute atomic E-state index is 0.114. The van der Waals surface area contributed by atoms with Crippen LogP contribution in [0, 0.1) is 5.82 Å². The van der Waals surface area contributed by atoms with Gasteiger partial charge in [-0.15, -0.1) is 0 Å². The maximum Gasteiger partial charge on any atom is 0.170 e. The Balaban J connectivity index is 2.73. The summed E-state index contributed by atoms with van der Waals surface area (Å²) in [6, 6.07) is 4.42. The Hall–Kier alpha value is -1.40. The Morgan fingerprint density at radius 2 is 2.29 bits per heavy atom. The molecule has 0 aliphatic heterocycles. The molecule has 0 aliphatic carbocycles. The summed E-state index contributed by atoms with van der Waals surface area (Å²) in [5.41, 5.74) is 6.21. The summed E-state index contributed by atoms with van der Waals surface area (Å²) in [5.74, 6) is -0.515. The minimum atomic E-state index is -0.401. The van der Waals surface area contributed by atoms with Crippen molar-refractivity contribution in [1.82, 2.24) is 5.32 Å². The Kier molecular flexibility index (Phi) is 5.11. The van der Waals surface area contributed by atoms with E-state index in [1.807, 2.05) is 0 Å². The molecule has 0 radical (unpaired) electrons. The van der Waals surface area contributed by atoms with Crippen LogP contribution in [0.5, 0.6) is 0 Å². The number of hydrogen-bond donors (Lipinski definition) is 3. The van der Waals surface area contributed by atoms with Crippen LogP contribution >= 0.6 is 15.9 Å². The van der Waals surface area contributed by atoms with Gasteiger partial charge in [0.1, 0.15) is 5.82 Å². The molecule has 0 fully saturated rings. The van der Waals surface area contributed by atoms with Crippen LogP contribution in [0.1, 0.15) is 11.1 Å². The molecule has 0 bridgehead atoms. The van der Waals surface area contributed by atoms with E-state index in [9.17, 15) is 4.39 Å². The molecule has 0 saturated heterocycles. The zero-order chi connectivity index (χ0) is 12.8. The van der Waals surface area contributed by atoms with Gasteiger partial charge < -0.3 is 16.3 Å². The number of hydrogen-bond acceptors (Lipinski definition) is 3. The van der Waals surface area contributed by atoms with Crippen molar-refractivity contribution in [3.8, 4) is 0 Å². The number of nitrogens with two attached hydrogens (primary N) is 1. The van der Waals surface area contributed by atoms with Crippen LogP contribution in [0.4, 0.5) is 4.39 Å². The monoisotopic (exact) mass is 301 g/mol. The maximum absolute atomic E-state index is 13.6. The second-order valence-electron chi connectivity index (χ2n) is 3.41. The summed E-state index contributed by atoms with van der Waals surface area (Å²) in [5, 5.41) is 14.3. The van der Waals surface area contributed by atoms with Gasteiger partial charge in [-0.1, -0.05) is 39.8 Å². The number of amidine groups is 1. The molecule has 0 heterocycles. The van der Waals surface area contributed by atoms with Crippen molar-refractivity contribution in [2.24, 2.45) is 10.9 Å². The normalized spacial score (nSPS) is 11.5. The number of rotatable bonds is 5. The molecule has 0 unspecified atom stereocenters. The molecule has 0 atom stereocenters. The molecule has 0 amide bonds. The third-order valence-corrected chi connectivity index (χ3v) is 2.37. The quantitative estimate of drug-likeness (QED) is 0.337. The smallest absolute Gasteiger partial charge is 0.170 e. The van der Waals surface area contributed by atoms with Gasteiger partial charge in [-0.05, 0) is 6.07 Å². The molecule has 0 aromatic heterocycles. The van der Waals surface area contributed by atoms with E-state index in [1.165, 1.54) is 6.07 Å². The van der Waals surface area contributed by atoms with Crippen molar-refractivity contribution in [2.45, 2.75) is 6.54 Å². The molecule has 1 aromatic carbocycles. The van der Waals surface area contributed by atoms with E-state index in [4.69, 9.17) is 10.9 Å². The highest BCUT2D eigenvalue weighted by molar-refractivity contribution is 9.11. The van der Waals surface area contributed by atoms with E-state index >= 15 is 0 Å². The van der Waals surface area contributed by atoms with Gasteiger partial charge in [0.2, 0.25) is 0 Å². The van der Waals surface area contributed by atoms with Crippen LogP contribution in [0.2, 0.25) is 0 Å². The average molecular weight is 302 g/mol. The van der Waals surface area contributed by atoms with Crippen LogP contribution < -0.4 is 11.1 Å². The number of nitrogens with zero attached hydrogens (tertiary/aromatic N) is 1. The van der Waals surface area contributed by atoms with Crippen LogP contribution in [0.3, 0.4) is 0 Å². The second kappa shape index (κ2) is 6.36. The van der Waals surface area contributed by atoms with Crippen molar-refractivity contribution >= 4 is 21.8 Å². The van der Waals surface area contributed by atoms with Crippen LogP contribution in [0.25, 0.3) is 0 Å². The van der Waals surface area contributed by atoms with Crippen LogP contribution in [-0.4, -0.2) is 17.6 Å². The van der Waals surface area contributed by atoms with Crippen molar-refractivity contribution in [3.63, 3.8) is 0 Å². The van der Waals surface area contributed by atoms with Crippen molar-refractivity contribution in [1.29, 1.82) is 0 Å². The lowest BCUT2D eigenvalue weighted by atomic mass is 10.1. The highest BCUT2D eigenvalue weighted by Crippen LogP contribution is 2.10. The SMILES string of the molecule is C=C(Br)CNCc1ccc(/C(N)=N\O)cc1F. The predicted octanol–water partition coefficient (Wildman–Crippen LogP) is 1.92. The lowest BCUT2D eigenvalue weighted by Crippen LogP contribution is -2.17.